The van der Waals surface area contributed by atoms with Crippen molar-refractivity contribution in [1.82, 2.24) is 4.98 Å². The molecule has 4 nitrogen and oxygen atoms in total. The highest BCUT2D eigenvalue weighted by Crippen LogP contribution is 2.33. The zero-order chi connectivity index (χ0) is 24.4. The van der Waals surface area contributed by atoms with Gasteiger partial charge in [0.25, 0.3) is 0 Å². The molecule has 0 spiro atoms. The first kappa shape index (κ1) is 23.8. The second-order valence-electron chi connectivity index (χ2n) is 10.3. The number of hydrogen-bond acceptors (Lipinski definition) is 4. The Morgan fingerprint density at radius 2 is 1.74 bits per heavy atom. The molecule has 1 saturated heterocycles. The third kappa shape index (κ3) is 5.51. The van der Waals surface area contributed by atoms with Crippen molar-refractivity contribution in [3.63, 3.8) is 0 Å². The molecule has 0 saturated carbocycles. The summed E-state index contributed by atoms with van der Waals surface area (Å²) >= 11 is 0. The van der Waals surface area contributed by atoms with Gasteiger partial charge in [-0.1, -0.05) is 25.1 Å². The zero-order valence-electron chi connectivity index (χ0n) is 20.9. The van der Waals surface area contributed by atoms with Crippen LogP contribution in [-0.4, -0.2) is 30.5 Å². The van der Waals surface area contributed by atoms with Crippen molar-refractivity contribution in [2.24, 2.45) is 5.92 Å². The molecule has 1 atom stereocenters. The van der Waals surface area contributed by atoms with E-state index in [0.29, 0.717) is 50.2 Å². The van der Waals surface area contributed by atoms with Crippen LogP contribution in [0.5, 0.6) is 11.6 Å². The average molecular weight is 476 g/mol. The SMILES string of the molecule is Cc1cc(OCC2(F)CCOCC2)cc(C)c1-c1cccc(COc2cc3c(cn2)CC(C)C3)c1. The zero-order valence-corrected chi connectivity index (χ0v) is 20.9. The molecule has 35 heavy (non-hydrogen) atoms. The Balaban J connectivity index is 1.27. The van der Waals surface area contributed by atoms with Crippen LogP contribution in [0.2, 0.25) is 0 Å². The van der Waals surface area contributed by atoms with E-state index >= 15 is 0 Å². The van der Waals surface area contributed by atoms with Crippen molar-refractivity contribution in [3.8, 4) is 22.8 Å². The number of aryl methyl sites for hydroxylation is 2. The number of nitrogens with zero attached hydrogens (tertiary/aromatic N) is 1. The van der Waals surface area contributed by atoms with E-state index in [-0.39, 0.29) is 6.61 Å². The van der Waals surface area contributed by atoms with Crippen LogP contribution in [0.3, 0.4) is 0 Å². The standard InChI is InChI=1S/C30H34FNO3/c1-20-11-25-16-28(32-17-26(25)12-20)34-18-23-5-4-6-24(15-23)29-21(2)13-27(14-22(29)3)35-19-30(31)7-9-33-10-8-30/h4-6,13-17,20H,7-12,18-19H2,1-3H3. The van der Waals surface area contributed by atoms with Gasteiger partial charge in [-0.25, -0.2) is 9.37 Å². The van der Waals surface area contributed by atoms with E-state index in [4.69, 9.17) is 14.2 Å². The van der Waals surface area contributed by atoms with Crippen LogP contribution in [0.15, 0.2) is 48.7 Å². The summed E-state index contributed by atoms with van der Waals surface area (Å²) in [4.78, 5) is 4.50. The van der Waals surface area contributed by atoms with Gasteiger partial charge in [0.15, 0.2) is 0 Å². The van der Waals surface area contributed by atoms with E-state index in [9.17, 15) is 4.39 Å². The summed E-state index contributed by atoms with van der Waals surface area (Å²) in [5.41, 5.74) is 7.01. The quantitative estimate of drug-likeness (QED) is 0.387. The first-order chi connectivity index (χ1) is 16.9. The Morgan fingerprint density at radius 3 is 2.51 bits per heavy atom. The third-order valence-electron chi connectivity index (χ3n) is 7.19. The Kier molecular flexibility index (Phi) is 6.79. The molecule has 1 unspecified atom stereocenters. The molecule has 5 rings (SSSR count). The lowest BCUT2D eigenvalue weighted by Gasteiger charge is -2.29. The molecule has 1 aliphatic carbocycles. The van der Waals surface area contributed by atoms with Crippen molar-refractivity contribution in [2.45, 2.75) is 58.7 Å². The second kappa shape index (κ2) is 9.98. The topological polar surface area (TPSA) is 40.6 Å². The van der Waals surface area contributed by atoms with E-state index in [0.717, 1.165) is 35.1 Å². The Hall–Kier alpha value is -2.92. The lowest BCUT2D eigenvalue weighted by molar-refractivity contribution is -0.0323. The maximum absolute atomic E-state index is 14.9. The van der Waals surface area contributed by atoms with Crippen molar-refractivity contribution in [1.29, 1.82) is 0 Å². The van der Waals surface area contributed by atoms with E-state index < -0.39 is 5.67 Å². The van der Waals surface area contributed by atoms with Crippen molar-refractivity contribution < 1.29 is 18.6 Å². The predicted octanol–water partition coefficient (Wildman–Crippen LogP) is 6.58. The van der Waals surface area contributed by atoms with E-state index in [1.165, 1.54) is 16.7 Å². The van der Waals surface area contributed by atoms with Gasteiger partial charge in [0.05, 0.1) is 0 Å². The first-order valence-electron chi connectivity index (χ1n) is 12.6. The van der Waals surface area contributed by atoms with Crippen LogP contribution in [0.4, 0.5) is 4.39 Å². The van der Waals surface area contributed by atoms with E-state index in [2.05, 4.69) is 56.1 Å². The lowest BCUT2D eigenvalue weighted by Crippen LogP contribution is -2.37. The van der Waals surface area contributed by atoms with E-state index in [1.807, 2.05) is 18.3 Å². The Labute approximate surface area is 207 Å². The number of pyridine rings is 1. The number of ether oxygens (including phenoxy) is 3. The maximum Gasteiger partial charge on any atom is 0.213 e. The predicted molar refractivity (Wildman–Crippen MR) is 136 cm³/mol. The Bertz CT molecular complexity index is 1180. The maximum atomic E-state index is 14.9. The molecule has 1 aromatic heterocycles. The molecule has 2 heterocycles. The van der Waals surface area contributed by atoms with Gasteiger partial charge in [-0.15, -0.1) is 0 Å². The number of hydrogen-bond donors (Lipinski definition) is 0. The lowest BCUT2D eigenvalue weighted by atomic mass is 9.94. The number of benzene rings is 2. The largest absolute Gasteiger partial charge is 0.490 e. The van der Waals surface area contributed by atoms with Crippen LogP contribution in [-0.2, 0) is 24.2 Å². The summed E-state index contributed by atoms with van der Waals surface area (Å²) in [6.07, 6.45) is 4.95. The molecule has 184 valence electrons. The van der Waals surface area contributed by atoms with Gasteiger partial charge in [-0.2, -0.15) is 0 Å². The minimum atomic E-state index is -1.31. The number of alkyl halides is 1. The van der Waals surface area contributed by atoms with Gasteiger partial charge < -0.3 is 14.2 Å². The summed E-state index contributed by atoms with van der Waals surface area (Å²) in [6.45, 7) is 7.88. The average Bonchev–Trinajstić information content (AvgIpc) is 3.21. The minimum Gasteiger partial charge on any atom is -0.490 e. The molecule has 0 N–H and O–H groups in total. The van der Waals surface area contributed by atoms with Gasteiger partial charge in [0, 0.05) is 38.3 Å². The number of halogens is 1. The smallest absolute Gasteiger partial charge is 0.213 e. The van der Waals surface area contributed by atoms with Crippen molar-refractivity contribution in [2.75, 3.05) is 19.8 Å². The molecule has 0 radical (unpaired) electrons. The van der Waals surface area contributed by atoms with Crippen LogP contribution >= 0.6 is 0 Å². The highest BCUT2D eigenvalue weighted by Gasteiger charge is 2.33. The van der Waals surface area contributed by atoms with Crippen molar-refractivity contribution >= 4 is 0 Å². The van der Waals surface area contributed by atoms with Gasteiger partial charge >= 0.3 is 0 Å². The molecule has 0 amide bonds. The van der Waals surface area contributed by atoms with Crippen LogP contribution in [0.1, 0.15) is 47.6 Å². The Morgan fingerprint density at radius 1 is 1.00 bits per heavy atom. The third-order valence-corrected chi connectivity index (χ3v) is 7.19. The summed E-state index contributed by atoms with van der Waals surface area (Å²) in [6, 6.07) is 14.5. The van der Waals surface area contributed by atoms with Gasteiger partial charge in [0.1, 0.15) is 24.6 Å². The summed E-state index contributed by atoms with van der Waals surface area (Å²) in [5, 5.41) is 0. The van der Waals surface area contributed by atoms with Gasteiger partial charge in [-0.3, -0.25) is 0 Å². The highest BCUT2D eigenvalue weighted by atomic mass is 19.1. The number of aromatic nitrogens is 1. The molecule has 3 aromatic rings. The summed E-state index contributed by atoms with van der Waals surface area (Å²) < 4.78 is 32.1. The first-order valence-corrected chi connectivity index (χ1v) is 12.6. The van der Waals surface area contributed by atoms with Crippen LogP contribution in [0.25, 0.3) is 11.1 Å². The van der Waals surface area contributed by atoms with Crippen LogP contribution in [0, 0.1) is 19.8 Å². The fourth-order valence-electron chi connectivity index (χ4n) is 5.31. The molecule has 0 bridgehead atoms. The monoisotopic (exact) mass is 475 g/mol. The van der Waals surface area contributed by atoms with Gasteiger partial charge in [-0.05, 0) is 89.8 Å². The molecule has 1 aliphatic heterocycles. The normalized spacial score (nSPS) is 18.8. The molecule has 5 heteroatoms. The van der Waals surface area contributed by atoms with E-state index in [1.54, 1.807) is 0 Å². The summed E-state index contributed by atoms with van der Waals surface area (Å²) in [5.74, 6) is 2.08. The van der Waals surface area contributed by atoms with Crippen LogP contribution < -0.4 is 9.47 Å². The molecular formula is C30H34FNO3. The van der Waals surface area contributed by atoms with Crippen molar-refractivity contribution in [3.05, 3.63) is 76.5 Å². The molecule has 1 fully saturated rings. The molecular weight excluding hydrogens is 441 g/mol. The summed E-state index contributed by atoms with van der Waals surface area (Å²) in [7, 11) is 0. The number of fused-ring (bicyclic) bond motifs is 1. The molecule has 2 aromatic carbocycles. The fraction of sp³-hybridized carbons (Fsp3) is 0.433. The molecule has 2 aliphatic rings. The second-order valence-corrected chi connectivity index (χ2v) is 10.3. The fourth-order valence-corrected chi connectivity index (χ4v) is 5.31. The highest BCUT2D eigenvalue weighted by molar-refractivity contribution is 5.72. The number of rotatable bonds is 7. The minimum absolute atomic E-state index is 0.0665. The van der Waals surface area contributed by atoms with Gasteiger partial charge in [0.2, 0.25) is 5.88 Å².